The molecule has 1 aromatic heterocycles. The first-order chi connectivity index (χ1) is 14.1. The third kappa shape index (κ3) is 3.98. The maximum atomic E-state index is 13.1. The minimum absolute atomic E-state index is 0.00147. The Labute approximate surface area is 169 Å². The normalized spacial score (nSPS) is 16.0. The lowest BCUT2D eigenvalue weighted by molar-refractivity contribution is 0.0856. The lowest BCUT2D eigenvalue weighted by atomic mass is 9.95. The minimum atomic E-state index is -0.423. The van der Waals surface area contributed by atoms with Gasteiger partial charge in [-0.25, -0.2) is 4.68 Å². The van der Waals surface area contributed by atoms with Crippen LogP contribution in [0.15, 0.2) is 65.5 Å². The molecule has 6 heteroatoms. The van der Waals surface area contributed by atoms with E-state index in [2.05, 4.69) is 10.4 Å². The standard InChI is InChI=1S/C23H23N3O3/c1-26-23(28)20(22(27)24-15-18-13-8-14-29-18)19(16-9-4-2-5-10-16)21(25-26)17-11-6-3-7-12-17/h2-7,9-12,18H,8,13-15H2,1H3,(H,24,27). The Balaban J connectivity index is 1.85. The monoisotopic (exact) mass is 389 g/mol. The largest absolute Gasteiger partial charge is 0.376 e. The second-order valence-electron chi connectivity index (χ2n) is 7.10. The number of nitrogens with one attached hydrogen (secondary N) is 1. The number of aromatic nitrogens is 2. The van der Waals surface area contributed by atoms with E-state index < -0.39 is 11.5 Å². The molecule has 1 fully saturated rings. The van der Waals surface area contributed by atoms with Gasteiger partial charge in [-0.15, -0.1) is 0 Å². The number of rotatable bonds is 5. The van der Waals surface area contributed by atoms with E-state index in [0.717, 1.165) is 24.0 Å². The van der Waals surface area contributed by atoms with Crippen molar-refractivity contribution in [3.05, 3.63) is 76.6 Å². The van der Waals surface area contributed by atoms with Gasteiger partial charge in [0.15, 0.2) is 0 Å². The molecular formula is C23H23N3O3. The van der Waals surface area contributed by atoms with E-state index in [1.807, 2.05) is 60.7 Å². The van der Waals surface area contributed by atoms with E-state index >= 15 is 0 Å². The van der Waals surface area contributed by atoms with Gasteiger partial charge in [-0.05, 0) is 18.4 Å². The van der Waals surface area contributed by atoms with Gasteiger partial charge in [0.05, 0.1) is 11.8 Å². The van der Waals surface area contributed by atoms with Crippen LogP contribution in [0.2, 0.25) is 0 Å². The topological polar surface area (TPSA) is 73.2 Å². The van der Waals surface area contributed by atoms with Gasteiger partial charge in [0, 0.05) is 31.3 Å². The predicted molar refractivity (Wildman–Crippen MR) is 112 cm³/mol. The van der Waals surface area contributed by atoms with Gasteiger partial charge in [0.25, 0.3) is 11.5 Å². The highest BCUT2D eigenvalue weighted by Crippen LogP contribution is 2.31. The zero-order valence-corrected chi connectivity index (χ0v) is 16.3. The zero-order valence-electron chi connectivity index (χ0n) is 16.3. The predicted octanol–water partition coefficient (Wildman–Crippen LogP) is 3.02. The molecule has 1 amide bonds. The summed E-state index contributed by atoms with van der Waals surface area (Å²) in [7, 11) is 1.57. The van der Waals surface area contributed by atoms with Gasteiger partial charge in [0.2, 0.25) is 0 Å². The van der Waals surface area contributed by atoms with Crippen LogP contribution in [0.25, 0.3) is 22.4 Å². The minimum Gasteiger partial charge on any atom is -0.376 e. The summed E-state index contributed by atoms with van der Waals surface area (Å²) in [6.45, 7) is 1.10. The molecule has 2 heterocycles. The fourth-order valence-electron chi connectivity index (χ4n) is 3.63. The summed E-state index contributed by atoms with van der Waals surface area (Å²) >= 11 is 0. The highest BCUT2D eigenvalue weighted by Gasteiger charge is 2.25. The number of aryl methyl sites for hydroxylation is 1. The average Bonchev–Trinajstić information content (AvgIpc) is 3.28. The quantitative estimate of drug-likeness (QED) is 0.728. The molecule has 1 atom stereocenters. The summed E-state index contributed by atoms with van der Waals surface area (Å²) in [5.74, 6) is -0.403. The van der Waals surface area contributed by atoms with Crippen molar-refractivity contribution >= 4 is 5.91 Å². The second-order valence-corrected chi connectivity index (χ2v) is 7.10. The smallest absolute Gasteiger partial charge is 0.280 e. The van der Waals surface area contributed by atoms with Gasteiger partial charge < -0.3 is 10.1 Å². The van der Waals surface area contributed by atoms with Crippen LogP contribution < -0.4 is 10.9 Å². The molecule has 3 aromatic rings. The number of amides is 1. The Bertz CT molecular complexity index is 1060. The molecule has 29 heavy (non-hydrogen) atoms. The molecular weight excluding hydrogens is 366 g/mol. The van der Waals surface area contributed by atoms with Crippen molar-refractivity contribution in [1.82, 2.24) is 15.1 Å². The summed E-state index contributed by atoms with van der Waals surface area (Å²) in [5.41, 5.74) is 2.44. The summed E-state index contributed by atoms with van der Waals surface area (Å²) in [6.07, 6.45) is 1.90. The lowest BCUT2D eigenvalue weighted by Gasteiger charge is -2.17. The van der Waals surface area contributed by atoms with Crippen molar-refractivity contribution in [1.29, 1.82) is 0 Å². The molecule has 2 aromatic carbocycles. The molecule has 0 saturated carbocycles. The molecule has 4 rings (SSSR count). The number of benzene rings is 2. The summed E-state index contributed by atoms with van der Waals surface area (Å²) in [6, 6.07) is 19.0. The van der Waals surface area contributed by atoms with Crippen molar-refractivity contribution in [2.75, 3.05) is 13.2 Å². The van der Waals surface area contributed by atoms with Crippen LogP contribution in [0.5, 0.6) is 0 Å². The molecule has 1 aliphatic heterocycles. The highest BCUT2D eigenvalue weighted by atomic mass is 16.5. The van der Waals surface area contributed by atoms with Crippen molar-refractivity contribution in [2.45, 2.75) is 18.9 Å². The molecule has 0 radical (unpaired) electrons. The fraction of sp³-hybridized carbons (Fsp3) is 0.261. The molecule has 148 valence electrons. The van der Waals surface area contributed by atoms with Crippen molar-refractivity contribution in [3.63, 3.8) is 0 Å². The summed E-state index contributed by atoms with van der Waals surface area (Å²) in [4.78, 5) is 26.1. The van der Waals surface area contributed by atoms with Crippen molar-refractivity contribution in [3.8, 4) is 22.4 Å². The van der Waals surface area contributed by atoms with E-state index in [-0.39, 0.29) is 11.7 Å². The van der Waals surface area contributed by atoms with Gasteiger partial charge >= 0.3 is 0 Å². The van der Waals surface area contributed by atoms with Crippen molar-refractivity contribution in [2.24, 2.45) is 7.05 Å². The van der Waals surface area contributed by atoms with E-state index in [1.54, 1.807) is 7.05 Å². The Hall–Kier alpha value is -3.25. The molecule has 0 spiro atoms. The van der Waals surface area contributed by atoms with Crippen LogP contribution in [0, 0.1) is 0 Å². The Morgan fingerprint density at radius 1 is 1.10 bits per heavy atom. The third-order valence-electron chi connectivity index (χ3n) is 5.10. The van der Waals surface area contributed by atoms with Gasteiger partial charge in [-0.2, -0.15) is 5.10 Å². The molecule has 1 unspecified atom stereocenters. The van der Waals surface area contributed by atoms with Gasteiger partial charge in [0.1, 0.15) is 5.56 Å². The first-order valence-corrected chi connectivity index (χ1v) is 9.77. The number of carbonyl (C=O) groups excluding carboxylic acids is 1. The molecule has 1 aliphatic rings. The molecule has 1 saturated heterocycles. The molecule has 1 N–H and O–H groups in total. The van der Waals surface area contributed by atoms with Crippen LogP contribution in [0.1, 0.15) is 23.2 Å². The van der Waals surface area contributed by atoms with Gasteiger partial charge in [-0.1, -0.05) is 60.7 Å². The van der Waals surface area contributed by atoms with E-state index in [1.165, 1.54) is 4.68 Å². The summed E-state index contributed by atoms with van der Waals surface area (Å²) in [5, 5.41) is 7.39. The lowest BCUT2D eigenvalue weighted by Crippen LogP contribution is -2.37. The Kier molecular flexibility index (Phi) is 5.53. The number of ether oxygens (including phenoxy) is 1. The van der Waals surface area contributed by atoms with E-state index in [9.17, 15) is 9.59 Å². The van der Waals surface area contributed by atoms with Crippen LogP contribution in [-0.2, 0) is 11.8 Å². The van der Waals surface area contributed by atoms with E-state index in [0.29, 0.717) is 24.4 Å². The van der Waals surface area contributed by atoms with Crippen LogP contribution in [-0.4, -0.2) is 34.9 Å². The Morgan fingerprint density at radius 2 is 1.76 bits per heavy atom. The second kappa shape index (κ2) is 8.41. The average molecular weight is 389 g/mol. The SMILES string of the molecule is Cn1nc(-c2ccccc2)c(-c2ccccc2)c(C(=O)NCC2CCCO2)c1=O. The van der Waals surface area contributed by atoms with E-state index in [4.69, 9.17) is 4.74 Å². The Morgan fingerprint density at radius 3 is 2.38 bits per heavy atom. The summed E-state index contributed by atoms with van der Waals surface area (Å²) < 4.78 is 6.82. The first-order valence-electron chi connectivity index (χ1n) is 9.77. The maximum Gasteiger partial charge on any atom is 0.280 e. The molecule has 0 aliphatic carbocycles. The highest BCUT2D eigenvalue weighted by molar-refractivity contribution is 6.03. The van der Waals surface area contributed by atoms with Gasteiger partial charge in [-0.3, -0.25) is 9.59 Å². The number of hydrogen-bond donors (Lipinski definition) is 1. The third-order valence-corrected chi connectivity index (χ3v) is 5.10. The zero-order chi connectivity index (χ0) is 20.2. The first kappa shape index (κ1) is 19.1. The number of nitrogens with zero attached hydrogens (tertiary/aromatic N) is 2. The number of hydrogen-bond acceptors (Lipinski definition) is 4. The van der Waals surface area contributed by atoms with Crippen LogP contribution in [0.3, 0.4) is 0 Å². The molecule has 6 nitrogen and oxygen atoms in total. The van der Waals surface area contributed by atoms with Crippen molar-refractivity contribution < 1.29 is 9.53 Å². The number of carbonyl (C=O) groups is 1. The molecule has 0 bridgehead atoms. The van der Waals surface area contributed by atoms with Crippen LogP contribution in [0.4, 0.5) is 0 Å². The van der Waals surface area contributed by atoms with Crippen LogP contribution >= 0.6 is 0 Å². The fourth-order valence-corrected chi connectivity index (χ4v) is 3.63. The maximum absolute atomic E-state index is 13.1.